The first kappa shape index (κ1) is 14.9. The number of anilines is 1. The van der Waals surface area contributed by atoms with Crippen molar-refractivity contribution in [2.75, 3.05) is 5.32 Å². The maximum atomic E-state index is 13.8. The molecule has 1 aromatic heterocycles. The number of amides is 1. The monoisotopic (exact) mass is 308 g/mol. The van der Waals surface area contributed by atoms with Crippen LogP contribution in [0.2, 0.25) is 0 Å². The van der Waals surface area contributed by atoms with Gasteiger partial charge in [0.25, 0.3) is 5.91 Å². The molecule has 0 spiro atoms. The van der Waals surface area contributed by atoms with Crippen LogP contribution < -0.4 is 11.1 Å². The number of aromatic nitrogens is 1. The zero-order valence-corrected chi connectivity index (χ0v) is 12.2. The van der Waals surface area contributed by atoms with E-state index in [0.29, 0.717) is 10.6 Å². The van der Waals surface area contributed by atoms with E-state index in [2.05, 4.69) is 15.5 Å². The van der Waals surface area contributed by atoms with Crippen molar-refractivity contribution in [2.45, 2.75) is 13.8 Å². The molecule has 110 valence electrons. The summed E-state index contributed by atoms with van der Waals surface area (Å²) in [5.74, 6) is -1.53. The lowest BCUT2D eigenvalue weighted by Gasteiger charge is -2.10. The molecule has 1 aromatic carbocycles. The summed E-state index contributed by atoms with van der Waals surface area (Å²) in [5, 5.41) is 14.8. The predicted octanol–water partition coefficient (Wildman–Crippen LogP) is 2.25. The minimum Gasteiger partial charge on any atom is -0.409 e. The van der Waals surface area contributed by atoms with Crippen LogP contribution in [0, 0.1) is 19.7 Å². The van der Waals surface area contributed by atoms with Crippen molar-refractivity contribution in [2.24, 2.45) is 10.9 Å². The number of benzene rings is 1. The Labute approximate surface area is 124 Å². The molecule has 2 rings (SSSR count). The molecule has 0 bridgehead atoms. The quantitative estimate of drug-likeness (QED) is 0.350. The van der Waals surface area contributed by atoms with Crippen LogP contribution in [-0.2, 0) is 0 Å². The Balaban J connectivity index is 2.38. The Morgan fingerprint density at radius 2 is 2.19 bits per heavy atom. The third kappa shape index (κ3) is 3.00. The molecule has 0 aliphatic carbocycles. The van der Waals surface area contributed by atoms with Gasteiger partial charge >= 0.3 is 0 Å². The molecule has 0 saturated carbocycles. The number of hydrogen-bond acceptors (Lipinski definition) is 5. The molecule has 21 heavy (non-hydrogen) atoms. The minimum absolute atomic E-state index is 0.126. The largest absolute Gasteiger partial charge is 0.409 e. The molecule has 8 heteroatoms. The average molecular weight is 308 g/mol. The summed E-state index contributed by atoms with van der Waals surface area (Å²) in [4.78, 5) is 16.8. The Bertz CT molecular complexity index is 727. The molecule has 2 aromatic rings. The van der Waals surface area contributed by atoms with E-state index in [1.807, 2.05) is 0 Å². The number of hydrogen-bond donors (Lipinski definition) is 3. The molecular weight excluding hydrogens is 295 g/mol. The highest BCUT2D eigenvalue weighted by Crippen LogP contribution is 2.22. The summed E-state index contributed by atoms with van der Waals surface area (Å²) >= 11 is 1.24. The number of nitrogens with one attached hydrogen (secondary N) is 1. The van der Waals surface area contributed by atoms with Gasteiger partial charge in [-0.05, 0) is 26.0 Å². The number of carbonyl (C=O) groups excluding carboxylic acids is 1. The van der Waals surface area contributed by atoms with Gasteiger partial charge < -0.3 is 16.3 Å². The second-order valence-corrected chi connectivity index (χ2v) is 5.45. The number of amidine groups is 1. The van der Waals surface area contributed by atoms with Gasteiger partial charge in [-0.3, -0.25) is 4.79 Å². The van der Waals surface area contributed by atoms with Crippen LogP contribution in [0.3, 0.4) is 0 Å². The van der Waals surface area contributed by atoms with Crippen molar-refractivity contribution in [1.82, 2.24) is 4.98 Å². The van der Waals surface area contributed by atoms with E-state index in [0.717, 1.165) is 11.1 Å². The number of halogens is 1. The Morgan fingerprint density at radius 3 is 2.76 bits per heavy atom. The zero-order chi connectivity index (χ0) is 15.6. The molecule has 6 nitrogen and oxygen atoms in total. The molecule has 0 saturated heterocycles. The van der Waals surface area contributed by atoms with Crippen molar-refractivity contribution < 1.29 is 14.4 Å². The number of oxime groups is 1. The smallest absolute Gasteiger partial charge is 0.267 e. The molecule has 0 atom stereocenters. The van der Waals surface area contributed by atoms with Crippen molar-refractivity contribution in [1.29, 1.82) is 0 Å². The Morgan fingerprint density at radius 1 is 1.48 bits per heavy atom. The third-order valence-electron chi connectivity index (χ3n) is 2.74. The van der Waals surface area contributed by atoms with Gasteiger partial charge in [0, 0.05) is 0 Å². The standard InChI is InChI=1S/C13H13FN4O2S/c1-6-11(21-7(2)16-6)13(19)17-9-5-3-4-8(14)10(9)12(15)18-20/h3-5,20H,1-2H3,(H2,15,18)(H,17,19). The summed E-state index contributed by atoms with van der Waals surface area (Å²) in [7, 11) is 0. The lowest BCUT2D eigenvalue weighted by atomic mass is 10.1. The third-order valence-corrected chi connectivity index (χ3v) is 3.81. The summed E-state index contributed by atoms with van der Waals surface area (Å²) in [6.07, 6.45) is 0. The topological polar surface area (TPSA) is 101 Å². The fourth-order valence-electron chi connectivity index (χ4n) is 1.86. The van der Waals surface area contributed by atoms with Gasteiger partial charge in [0.05, 0.1) is 22.0 Å². The van der Waals surface area contributed by atoms with Gasteiger partial charge in [-0.1, -0.05) is 11.2 Å². The Kier molecular flexibility index (Phi) is 4.18. The van der Waals surface area contributed by atoms with Gasteiger partial charge in [0.15, 0.2) is 5.84 Å². The average Bonchev–Trinajstić information content (AvgIpc) is 2.77. The zero-order valence-electron chi connectivity index (χ0n) is 11.3. The normalized spacial score (nSPS) is 11.5. The number of carbonyl (C=O) groups is 1. The van der Waals surface area contributed by atoms with Crippen LogP contribution in [0.5, 0.6) is 0 Å². The van der Waals surface area contributed by atoms with E-state index < -0.39 is 17.6 Å². The molecule has 1 heterocycles. The highest BCUT2D eigenvalue weighted by atomic mass is 32.1. The van der Waals surface area contributed by atoms with E-state index in [9.17, 15) is 9.18 Å². The lowest BCUT2D eigenvalue weighted by Crippen LogP contribution is -2.20. The first-order valence-corrected chi connectivity index (χ1v) is 6.77. The number of nitrogens with two attached hydrogens (primary N) is 1. The van der Waals surface area contributed by atoms with E-state index in [-0.39, 0.29) is 11.3 Å². The maximum Gasteiger partial charge on any atom is 0.267 e. The van der Waals surface area contributed by atoms with Crippen LogP contribution >= 0.6 is 11.3 Å². The molecule has 0 radical (unpaired) electrons. The summed E-state index contributed by atoms with van der Waals surface area (Å²) in [6, 6.07) is 4.05. The van der Waals surface area contributed by atoms with Crippen molar-refractivity contribution in [3.63, 3.8) is 0 Å². The number of aryl methyl sites for hydroxylation is 2. The molecule has 0 aliphatic rings. The van der Waals surface area contributed by atoms with Gasteiger partial charge in [0.2, 0.25) is 0 Å². The van der Waals surface area contributed by atoms with Crippen LogP contribution in [0.25, 0.3) is 0 Å². The van der Waals surface area contributed by atoms with E-state index in [1.54, 1.807) is 13.8 Å². The van der Waals surface area contributed by atoms with Crippen LogP contribution in [-0.4, -0.2) is 21.9 Å². The molecule has 0 aliphatic heterocycles. The minimum atomic E-state index is -0.694. The van der Waals surface area contributed by atoms with Crippen molar-refractivity contribution in [3.05, 3.63) is 45.2 Å². The molecule has 0 fully saturated rings. The highest BCUT2D eigenvalue weighted by molar-refractivity contribution is 7.13. The van der Waals surface area contributed by atoms with Crippen LogP contribution in [0.15, 0.2) is 23.4 Å². The van der Waals surface area contributed by atoms with Crippen molar-refractivity contribution >= 4 is 28.8 Å². The SMILES string of the molecule is Cc1nc(C)c(C(=O)Nc2cccc(F)c2/C(N)=N/O)s1. The first-order chi connectivity index (χ1) is 9.93. The molecule has 0 unspecified atom stereocenters. The highest BCUT2D eigenvalue weighted by Gasteiger charge is 2.18. The van der Waals surface area contributed by atoms with Gasteiger partial charge in [-0.2, -0.15) is 0 Å². The van der Waals surface area contributed by atoms with E-state index in [1.165, 1.54) is 23.5 Å². The predicted molar refractivity (Wildman–Crippen MR) is 78.5 cm³/mol. The van der Waals surface area contributed by atoms with Gasteiger partial charge in [0.1, 0.15) is 10.7 Å². The van der Waals surface area contributed by atoms with Crippen LogP contribution in [0.1, 0.15) is 25.9 Å². The number of thiazole rings is 1. The van der Waals surface area contributed by atoms with E-state index >= 15 is 0 Å². The second-order valence-electron chi connectivity index (χ2n) is 4.25. The van der Waals surface area contributed by atoms with Gasteiger partial charge in [-0.15, -0.1) is 11.3 Å². The van der Waals surface area contributed by atoms with Crippen LogP contribution in [0.4, 0.5) is 10.1 Å². The first-order valence-electron chi connectivity index (χ1n) is 5.95. The number of nitrogens with zero attached hydrogens (tertiary/aromatic N) is 2. The van der Waals surface area contributed by atoms with E-state index in [4.69, 9.17) is 10.9 Å². The molecule has 1 amide bonds. The Hall–Kier alpha value is -2.48. The summed E-state index contributed by atoms with van der Waals surface area (Å²) < 4.78 is 13.8. The lowest BCUT2D eigenvalue weighted by molar-refractivity contribution is 0.103. The summed E-state index contributed by atoms with van der Waals surface area (Å²) in [6.45, 7) is 3.51. The van der Waals surface area contributed by atoms with Crippen molar-refractivity contribution in [3.8, 4) is 0 Å². The number of rotatable bonds is 3. The summed E-state index contributed by atoms with van der Waals surface area (Å²) in [5.41, 5.74) is 6.00. The fraction of sp³-hybridized carbons (Fsp3) is 0.154. The second kappa shape index (κ2) is 5.88. The molecular formula is C13H13FN4O2S. The maximum absolute atomic E-state index is 13.8. The molecule has 4 N–H and O–H groups in total. The van der Waals surface area contributed by atoms with Gasteiger partial charge in [-0.25, -0.2) is 9.37 Å². The fourth-order valence-corrected chi connectivity index (χ4v) is 2.67.